The van der Waals surface area contributed by atoms with Crippen molar-refractivity contribution < 1.29 is 9.47 Å². The Hall–Kier alpha value is -0.440. The average molecular weight is 261 g/mol. The molecule has 1 heterocycles. The van der Waals surface area contributed by atoms with E-state index in [-0.39, 0.29) is 11.5 Å². The summed E-state index contributed by atoms with van der Waals surface area (Å²) in [5.74, 6) is 0.668. The second-order valence-corrected chi connectivity index (χ2v) is 4.72. The highest BCUT2D eigenvalue weighted by Crippen LogP contribution is 2.35. The van der Waals surface area contributed by atoms with Crippen LogP contribution in [-0.2, 0) is 4.74 Å². The van der Waals surface area contributed by atoms with Crippen LogP contribution in [0.5, 0.6) is 5.75 Å². The Bertz CT molecular complexity index is 362. The van der Waals surface area contributed by atoms with Crippen molar-refractivity contribution in [3.63, 3.8) is 0 Å². The Morgan fingerprint density at radius 1 is 1.50 bits per heavy atom. The predicted octanol–water partition coefficient (Wildman–Crippen LogP) is 3.81. The molecule has 4 heteroatoms. The van der Waals surface area contributed by atoms with Gasteiger partial charge in [0.05, 0.1) is 23.6 Å². The predicted molar refractivity (Wildman–Crippen MR) is 65.6 cm³/mol. The third-order valence-corrected chi connectivity index (χ3v) is 3.61. The van der Waals surface area contributed by atoms with Crippen LogP contribution in [0, 0.1) is 0 Å². The summed E-state index contributed by atoms with van der Waals surface area (Å²) in [5.41, 5.74) is 0.986. The maximum absolute atomic E-state index is 6.36. The number of alkyl halides is 1. The minimum Gasteiger partial charge on any atom is -0.495 e. The van der Waals surface area contributed by atoms with Gasteiger partial charge in [-0.3, -0.25) is 0 Å². The molecule has 2 unspecified atom stereocenters. The molecule has 2 atom stereocenters. The summed E-state index contributed by atoms with van der Waals surface area (Å²) < 4.78 is 10.7. The molecule has 0 bridgehead atoms. The highest BCUT2D eigenvalue weighted by atomic mass is 35.5. The van der Waals surface area contributed by atoms with Crippen molar-refractivity contribution in [2.24, 2.45) is 0 Å². The van der Waals surface area contributed by atoms with E-state index in [9.17, 15) is 0 Å². The van der Waals surface area contributed by atoms with Gasteiger partial charge in [0.25, 0.3) is 0 Å². The van der Waals surface area contributed by atoms with Gasteiger partial charge in [0.1, 0.15) is 5.75 Å². The molecule has 1 saturated heterocycles. The molecule has 2 nitrogen and oxygen atoms in total. The minimum atomic E-state index is -0.133. The second kappa shape index (κ2) is 5.26. The maximum atomic E-state index is 6.36. The van der Waals surface area contributed by atoms with Gasteiger partial charge in [0.15, 0.2) is 0 Å². The van der Waals surface area contributed by atoms with Gasteiger partial charge in [-0.05, 0) is 30.5 Å². The molecule has 88 valence electrons. The lowest BCUT2D eigenvalue weighted by atomic mass is 10.1. The van der Waals surface area contributed by atoms with Gasteiger partial charge in [-0.15, -0.1) is 11.6 Å². The number of hydrogen-bond donors (Lipinski definition) is 0. The first-order valence-electron chi connectivity index (χ1n) is 5.31. The number of hydrogen-bond acceptors (Lipinski definition) is 2. The summed E-state index contributed by atoms with van der Waals surface area (Å²) in [5, 5.41) is 0.453. The third kappa shape index (κ3) is 2.45. The molecular weight excluding hydrogens is 247 g/mol. The normalized spacial score (nSPS) is 22.1. The van der Waals surface area contributed by atoms with Crippen molar-refractivity contribution in [3.8, 4) is 5.75 Å². The SMILES string of the molecule is COc1ccc(C(Cl)C2CCCO2)cc1Cl. The molecule has 1 aliphatic heterocycles. The molecule has 1 aliphatic rings. The summed E-state index contributed by atoms with van der Waals surface area (Å²) in [6.45, 7) is 0.803. The molecule has 2 rings (SSSR count). The summed E-state index contributed by atoms with van der Waals surface area (Å²) in [7, 11) is 1.60. The van der Waals surface area contributed by atoms with E-state index in [1.54, 1.807) is 7.11 Å². The quantitative estimate of drug-likeness (QED) is 0.770. The zero-order valence-corrected chi connectivity index (χ0v) is 10.6. The van der Waals surface area contributed by atoms with Crippen LogP contribution in [0.25, 0.3) is 0 Å². The fraction of sp³-hybridized carbons (Fsp3) is 0.500. The average Bonchev–Trinajstić information content (AvgIpc) is 2.81. The summed E-state index contributed by atoms with van der Waals surface area (Å²) in [6, 6.07) is 5.62. The van der Waals surface area contributed by atoms with Gasteiger partial charge >= 0.3 is 0 Å². The monoisotopic (exact) mass is 260 g/mol. The van der Waals surface area contributed by atoms with Crippen molar-refractivity contribution in [1.29, 1.82) is 0 Å². The van der Waals surface area contributed by atoms with E-state index in [2.05, 4.69) is 0 Å². The molecule has 0 radical (unpaired) electrons. The van der Waals surface area contributed by atoms with Crippen molar-refractivity contribution in [1.82, 2.24) is 0 Å². The molecule has 0 aliphatic carbocycles. The van der Waals surface area contributed by atoms with Crippen LogP contribution in [0.4, 0.5) is 0 Å². The Kier molecular flexibility index (Phi) is 3.95. The lowest BCUT2D eigenvalue weighted by molar-refractivity contribution is 0.107. The van der Waals surface area contributed by atoms with Gasteiger partial charge < -0.3 is 9.47 Å². The summed E-state index contributed by atoms with van der Waals surface area (Å²) in [6.07, 6.45) is 2.20. The van der Waals surface area contributed by atoms with Gasteiger partial charge in [-0.1, -0.05) is 17.7 Å². The van der Waals surface area contributed by atoms with E-state index >= 15 is 0 Å². The minimum absolute atomic E-state index is 0.103. The number of rotatable bonds is 3. The van der Waals surface area contributed by atoms with E-state index in [1.807, 2.05) is 18.2 Å². The standard InChI is InChI=1S/C12H14Cl2O2/c1-15-10-5-4-8(7-9(10)13)12(14)11-3-2-6-16-11/h4-5,7,11-12H,2-3,6H2,1H3. The molecule has 1 aromatic carbocycles. The molecule has 0 spiro atoms. The van der Waals surface area contributed by atoms with E-state index in [1.165, 1.54) is 0 Å². The van der Waals surface area contributed by atoms with Gasteiger partial charge in [-0.25, -0.2) is 0 Å². The van der Waals surface area contributed by atoms with Gasteiger partial charge in [0, 0.05) is 6.61 Å². The van der Waals surface area contributed by atoms with Crippen LogP contribution in [0.15, 0.2) is 18.2 Å². The highest BCUT2D eigenvalue weighted by Gasteiger charge is 2.25. The molecule has 0 aromatic heterocycles. The number of benzene rings is 1. The zero-order chi connectivity index (χ0) is 11.5. The number of methoxy groups -OCH3 is 1. The first-order chi connectivity index (χ1) is 7.72. The Balaban J connectivity index is 2.16. The molecule has 0 N–H and O–H groups in total. The summed E-state index contributed by atoms with van der Waals surface area (Å²) in [4.78, 5) is 0. The van der Waals surface area contributed by atoms with E-state index in [4.69, 9.17) is 32.7 Å². The van der Waals surface area contributed by atoms with Gasteiger partial charge in [0.2, 0.25) is 0 Å². The van der Waals surface area contributed by atoms with Crippen molar-refractivity contribution in [3.05, 3.63) is 28.8 Å². The topological polar surface area (TPSA) is 18.5 Å². The van der Waals surface area contributed by atoms with Crippen LogP contribution in [0.2, 0.25) is 5.02 Å². The van der Waals surface area contributed by atoms with Crippen molar-refractivity contribution in [2.45, 2.75) is 24.3 Å². The fourth-order valence-electron chi connectivity index (χ4n) is 1.90. The first-order valence-corrected chi connectivity index (χ1v) is 6.13. The van der Waals surface area contributed by atoms with E-state index < -0.39 is 0 Å². The van der Waals surface area contributed by atoms with Crippen LogP contribution >= 0.6 is 23.2 Å². The highest BCUT2D eigenvalue weighted by molar-refractivity contribution is 6.32. The van der Waals surface area contributed by atoms with E-state index in [0.717, 1.165) is 25.0 Å². The third-order valence-electron chi connectivity index (χ3n) is 2.79. The van der Waals surface area contributed by atoms with Crippen LogP contribution in [-0.4, -0.2) is 19.8 Å². The van der Waals surface area contributed by atoms with Crippen molar-refractivity contribution in [2.75, 3.05) is 13.7 Å². The van der Waals surface area contributed by atoms with Crippen LogP contribution in [0.1, 0.15) is 23.8 Å². The Morgan fingerprint density at radius 3 is 2.88 bits per heavy atom. The van der Waals surface area contributed by atoms with Crippen LogP contribution in [0.3, 0.4) is 0 Å². The molecule has 1 fully saturated rings. The number of halogens is 2. The Labute approximate surface area is 105 Å². The summed E-state index contributed by atoms with van der Waals surface area (Å²) >= 11 is 12.4. The smallest absolute Gasteiger partial charge is 0.137 e. The first kappa shape index (κ1) is 12.0. The lowest BCUT2D eigenvalue weighted by Crippen LogP contribution is -2.12. The lowest BCUT2D eigenvalue weighted by Gasteiger charge is -2.17. The fourth-order valence-corrected chi connectivity index (χ4v) is 2.50. The largest absolute Gasteiger partial charge is 0.495 e. The van der Waals surface area contributed by atoms with Gasteiger partial charge in [-0.2, -0.15) is 0 Å². The van der Waals surface area contributed by atoms with E-state index in [0.29, 0.717) is 10.8 Å². The maximum Gasteiger partial charge on any atom is 0.137 e. The van der Waals surface area contributed by atoms with Crippen LogP contribution < -0.4 is 4.74 Å². The zero-order valence-electron chi connectivity index (χ0n) is 9.08. The molecule has 0 amide bonds. The van der Waals surface area contributed by atoms with Crippen molar-refractivity contribution >= 4 is 23.2 Å². The molecule has 16 heavy (non-hydrogen) atoms. The molecule has 0 saturated carbocycles. The molecular formula is C12H14Cl2O2. The molecule has 1 aromatic rings. The number of ether oxygens (including phenoxy) is 2. The Morgan fingerprint density at radius 2 is 2.31 bits per heavy atom. The second-order valence-electron chi connectivity index (χ2n) is 3.85.